The minimum Gasteiger partial charge on any atom is -0.497 e. The van der Waals surface area contributed by atoms with Crippen LogP contribution in [-0.2, 0) is 0 Å². The van der Waals surface area contributed by atoms with Crippen molar-refractivity contribution in [3.8, 4) is 16.2 Å². The predicted molar refractivity (Wildman–Crippen MR) is 61.1 cm³/mol. The number of ether oxygens (including phenoxy) is 1. The van der Waals surface area contributed by atoms with Crippen molar-refractivity contribution in [3.05, 3.63) is 35.5 Å². The summed E-state index contributed by atoms with van der Waals surface area (Å²) < 4.78 is 5.10. The van der Waals surface area contributed by atoms with Crippen LogP contribution < -0.4 is 4.74 Å². The number of carboxylic acids is 1. The van der Waals surface area contributed by atoms with Gasteiger partial charge >= 0.3 is 5.97 Å². The van der Waals surface area contributed by atoms with Gasteiger partial charge in [0.15, 0.2) is 0 Å². The lowest BCUT2D eigenvalue weighted by molar-refractivity contribution is 0.0696. The highest BCUT2D eigenvalue weighted by molar-refractivity contribution is 7.16. The number of hydrogen-bond acceptors (Lipinski definition) is 4. The highest BCUT2D eigenvalue weighted by atomic mass is 32.1. The third-order valence-electron chi connectivity index (χ3n) is 2.04. The van der Waals surface area contributed by atoms with Gasteiger partial charge in [-0.15, -0.1) is 11.3 Å². The standard InChI is InChI=1S/C11H9NO3S/c1-15-8-4-2-3-7(5-8)9-6-12-10(16-9)11(13)14/h2-6H,1H3,(H,13,14). The molecule has 0 saturated carbocycles. The number of carbonyl (C=O) groups is 1. The molecule has 0 bridgehead atoms. The maximum atomic E-state index is 10.7. The minimum absolute atomic E-state index is 0.0952. The first-order valence-corrected chi connectivity index (χ1v) is 5.36. The molecule has 0 fully saturated rings. The molecule has 82 valence electrons. The molecule has 2 aromatic rings. The third-order valence-corrected chi connectivity index (χ3v) is 3.08. The molecule has 0 aliphatic rings. The first kappa shape index (κ1) is 10.6. The molecule has 1 heterocycles. The minimum atomic E-state index is -1.00. The number of nitrogens with zero attached hydrogens (tertiary/aromatic N) is 1. The lowest BCUT2D eigenvalue weighted by Gasteiger charge is -2.01. The van der Waals surface area contributed by atoms with Crippen molar-refractivity contribution in [1.29, 1.82) is 0 Å². The summed E-state index contributed by atoms with van der Waals surface area (Å²) in [6.07, 6.45) is 1.56. The molecule has 4 nitrogen and oxygen atoms in total. The summed E-state index contributed by atoms with van der Waals surface area (Å²) in [5, 5.41) is 8.86. The van der Waals surface area contributed by atoms with E-state index in [0.29, 0.717) is 0 Å². The SMILES string of the molecule is COc1cccc(-c2cnc(C(=O)O)s2)c1. The second-order valence-corrected chi connectivity index (χ2v) is 4.10. The van der Waals surface area contributed by atoms with E-state index in [4.69, 9.17) is 9.84 Å². The lowest BCUT2D eigenvalue weighted by Crippen LogP contribution is -1.92. The Labute approximate surface area is 96.1 Å². The molecular formula is C11H9NO3S. The van der Waals surface area contributed by atoms with E-state index in [1.807, 2.05) is 24.3 Å². The van der Waals surface area contributed by atoms with E-state index in [1.54, 1.807) is 13.3 Å². The van der Waals surface area contributed by atoms with E-state index in [-0.39, 0.29) is 5.01 Å². The lowest BCUT2D eigenvalue weighted by atomic mass is 10.2. The van der Waals surface area contributed by atoms with Crippen LogP contribution in [0.5, 0.6) is 5.75 Å². The molecule has 0 amide bonds. The molecule has 5 heteroatoms. The predicted octanol–water partition coefficient (Wildman–Crippen LogP) is 2.52. The number of methoxy groups -OCH3 is 1. The molecule has 0 unspecified atom stereocenters. The van der Waals surface area contributed by atoms with Crippen molar-refractivity contribution in [2.75, 3.05) is 7.11 Å². The van der Waals surface area contributed by atoms with Gasteiger partial charge in [-0.05, 0) is 17.7 Å². The van der Waals surface area contributed by atoms with Gasteiger partial charge in [0, 0.05) is 6.20 Å². The van der Waals surface area contributed by atoms with Gasteiger partial charge in [-0.1, -0.05) is 12.1 Å². The Morgan fingerprint density at radius 2 is 2.31 bits per heavy atom. The van der Waals surface area contributed by atoms with Gasteiger partial charge < -0.3 is 9.84 Å². The molecule has 0 atom stereocenters. The second-order valence-electron chi connectivity index (χ2n) is 3.07. The van der Waals surface area contributed by atoms with Crippen molar-refractivity contribution < 1.29 is 14.6 Å². The normalized spacial score (nSPS) is 10.1. The van der Waals surface area contributed by atoms with Gasteiger partial charge in [-0.25, -0.2) is 9.78 Å². The molecule has 2 rings (SSSR count). The van der Waals surface area contributed by atoms with Gasteiger partial charge in [-0.3, -0.25) is 0 Å². The number of aromatic nitrogens is 1. The second kappa shape index (κ2) is 4.32. The van der Waals surface area contributed by atoms with E-state index in [2.05, 4.69) is 4.98 Å². The smallest absolute Gasteiger partial charge is 0.365 e. The van der Waals surface area contributed by atoms with E-state index < -0.39 is 5.97 Å². The first-order chi connectivity index (χ1) is 7.70. The average Bonchev–Trinajstić information content (AvgIpc) is 2.78. The first-order valence-electron chi connectivity index (χ1n) is 4.54. The molecule has 0 aliphatic carbocycles. The van der Waals surface area contributed by atoms with E-state index in [1.165, 1.54) is 0 Å². The van der Waals surface area contributed by atoms with Crippen molar-refractivity contribution in [1.82, 2.24) is 4.98 Å². The maximum Gasteiger partial charge on any atom is 0.365 e. The Morgan fingerprint density at radius 3 is 2.94 bits per heavy atom. The molecule has 16 heavy (non-hydrogen) atoms. The van der Waals surface area contributed by atoms with E-state index in [9.17, 15) is 4.79 Å². The molecule has 1 aromatic carbocycles. The van der Waals surface area contributed by atoms with Gasteiger partial charge in [0.05, 0.1) is 12.0 Å². The molecule has 1 N–H and O–H groups in total. The van der Waals surface area contributed by atoms with Gasteiger partial charge in [0.2, 0.25) is 5.01 Å². The Morgan fingerprint density at radius 1 is 1.50 bits per heavy atom. The van der Waals surface area contributed by atoms with Crippen LogP contribution in [0.15, 0.2) is 30.5 Å². The quantitative estimate of drug-likeness (QED) is 0.888. The number of thiazole rings is 1. The number of benzene rings is 1. The summed E-state index contributed by atoms with van der Waals surface area (Å²) >= 11 is 1.15. The maximum absolute atomic E-state index is 10.7. The average molecular weight is 235 g/mol. The fourth-order valence-electron chi connectivity index (χ4n) is 1.28. The van der Waals surface area contributed by atoms with Gasteiger partial charge in [0.1, 0.15) is 5.75 Å². The van der Waals surface area contributed by atoms with Crippen LogP contribution in [0.25, 0.3) is 10.4 Å². The van der Waals surface area contributed by atoms with E-state index in [0.717, 1.165) is 27.5 Å². The molecule has 0 aliphatic heterocycles. The highest BCUT2D eigenvalue weighted by Crippen LogP contribution is 2.28. The Bertz CT molecular complexity index is 521. The largest absolute Gasteiger partial charge is 0.497 e. The Kier molecular flexibility index (Phi) is 2.87. The van der Waals surface area contributed by atoms with Crippen LogP contribution in [0.1, 0.15) is 9.80 Å². The zero-order valence-corrected chi connectivity index (χ0v) is 9.32. The molecule has 0 radical (unpaired) electrons. The number of rotatable bonds is 3. The fraction of sp³-hybridized carbons (Fsp3) is 0.0909. The van der Waals surface area contributed by atoms with Gasteiger partial charge in [-0.2, -0.15) is 0 Å². The summed E-state index contributed by atoms with van der Waals surface area (Å²) in [7, 11) is 1.59. The Hall–Kier alpha value is -1.88. The Balaban J connectivity index is 2.38. The van der Waals surface area contributed by atoms with Crippen molar-refractivity contribution in [2.45, 2.75) is 0 Å². The van der Waals surface area contributed by atoms with Crippen LogP contribution in [0.3, 0.4) is 0 Å². The van der Waals surface area contributed by atoms with Crippen LogP contribution in [0.4, 0.5) is 0 Å². The van der Waals surface area contributed by atoms with Crippen LogP contribution in [0, 0.1) is 0 Å². The van der Waals surface area contributed by atoms with E-state index >= 15 is 0 Å². The number of hydrogen-bond donors (Lipinski definition) is 1. The molecule has 0 saturated heterocycles. The van der Waals surface area contributed by atoms with Crippen LogP contribution in [-0.4, -0.2) is 23.2 Å². The zero-order valence-electron chi connectivity index (χ0n) is 8.51. The molecule has 0 spiro atoms. The van der Waals surface area contributed by atoms with Crippen LogP contribution in [0.2, 0.25) is 0 Å². The molecule has 1 aromatic heterocycles. The topological polar surface area (TPSA) is 59.4 Å². The van der Waals surface area contributed by atoms with Gasteiger partial charge in [0.25, 0.3) is 0 Å². The van der Waals surface area contributed by atoms with Crippen molar-refractivity contribution >= 4 is 17.3 Å². The zero-order chi connectivity index (χ0) is 11.5. The summed E-state index contributed by atoms with van der Waals surface area (Å²) in [4.78, 5) is 15.3. The summed E-state index contributed by atoms with van der Waals surface area (Å²) in [6, 6.07) is 7.43. The summed E-state index contributed by atoms with van der Waals surface area (Å²) in [5.74, 6) is -0.262. The summed E-state index contributed by atoms with van der Waals surface area (Å²) in [5.41, 5.74) is 0.907. The van der Waals surface area contributed by atoms with Crippen molar-refractivity contribution in [2.24, 2.45) is 0 Å². The molecular weight excluding hydrogens is 226 g/mol. The number of aromatic carboxylic acids is 1. The number of carboxylic acid groups (broad SMARTS) is 1. The summed E-state index contributed by atoms with van der Waals surface area (Å²) in [6.45, 7) is 0. The highest BCUT2D eigenvalue weighted by Gasteiger charge is 2.10. The van der Waals surface area contributed by atoms with Crippen molar-refractivity contribution in [3.63, 3.8) is 0 Å². The third kappa shape index (κ3) is 2.04. The van der Waals surface area contributed by atoms with Crippen LogP contribution >= 0.6 is 11.3 Å². The fourth-order valence-corrected chi connectivity index (χ4v) is 2.03. The monoisotopic (exact) mass is 235 g/mol.